The fraction of sp³-hybridized carbons (Fsp3) is 0.375. The SMILES string of the molecule is COc1cc(C(=O)O)cc2c1nc(CN1CCN(c3cccc4c3OC(C)(c3ccc(Cl)cc3F)O4)CC1)n2C[C@@H]1CCO1. The highest BCUT2D eigenvalue weighted by molar-refractivity contribution is 6.30. The standard InChI is InChI=1S/C32H32ClFN4O6/c1-32(22-7-6-20(33)16-23(22)34)43-26-5-3-4-24(30(26)44-32)37-11-9-36(10-12-37)18-28-35-29-25(38(28)17-21-8-13-42-21)14-19(31(39)40)15-27(29)41-2/h3-7,14-16,21H,8-13,17-18H2,1-2H3,(H,39,40)/t21-,32?/m0/s1. The fourth-order valence-corrected chi connectivity index (χ4v) is 6.31. The third-order valence-electron chi connectivity index (χ3n) is 8.60. The van der Waals surface area contributed by atoms with Crippen molar-refractivity contribution in [3.8, 4) is 17.2 Å². The van der Waals surface area contributed by atoms with E-state index in [1.54, 1.807) is 25.1 Å². The monoisotopic (exact) mass is 622 g/mol. The van der Waals surface area contributed by atoms with Crippen LogP contribution in [0.25, 0.3) is 11.0 Å². The van der Waals surface area contributed by atoms with Crippen molar-refractivity contribution in [3.63, 3.8) is 0 Å². The van der Waals surface area contributed by atoms with Crippen molar-refractivity contribution >= 4 is 34.3 Å². The molecule has 4 aromatic rings. The molecule has 2 saturated heterocycles. The van der Waals surface area contributed by atoms with Gasteiger partial charge in [0.1, 0.15) is 22.9 Å². The number of ether oxygens (including phenoxy) is 4. The first-order valence-corrected chi connectivity index (χ1v) is 15.0. The molecule has 10 nitrogen and oxygen atoms in total. The summed E-state index contributed by atoms with van der Waals surface area (Å²) in [5, 5.41) is 9.99. The van der Waals surface area contributed by atoms with Gasteiger partial charge in [0.15, 0.2) is 11.5 Å². The summed E-state index contributed by atoms with van der Waals surface area (Å²) in [4.78, 5) is 21.3. The number of carboxylic acids is 1. The number of nitrogens with zero attached hydrogens (tertiary/aromatic N) is 4. The molecule has 3 aliphatic heterocycles. The lowest BCUT2D eigenvalue weighted by molar-refractivity contribution is -0.0705. The molecule has 1 unspecified atom stereocenters. The number of methoxy groups -OCH3 is 1. The molecule has 0 amide bonds. The topological polar surface area (TPSA) is 98.5 Å². The van der Waals surface area contributed by atoms with Crippen molar-refractivity contribution in [2.75, 3.05) is 44.8 Å². The van der Waals surface area contributed by atoms with Crippen LogP contribution in [0, 0.1) is 5.82 Å². The predicted molar refractivity (Wildman–Crippen MR) is 162 cm³/mol. The number of carboxylic acid groups (broad SMARTS) is 1. The second kappa shape index (κ2) is 11.1. The molecule has 44 heavy (non-hydrogen) atoms. The van der Waals surface area contributed by atoms with Crippen LogP contribution in [-0.4, -0.2) is 71.5 Å². The Labute approximate surface area is 258 Å². The molecule has 0 radical (unpaired) electrons. The second-order valence-electron chi connectivity index (χ2n) is 11.4. The Kier molecular flexibility index (Phi) is 7.26. The predicted octanol–water partition coefficient (Wildman–Crippen LogP) is 5.29. The maximum Gasteiger partial charge on any atom is 0.335 e. The van der Waals surface area contributed by atoms with Crippen LogP contribution < -0.4 is 19.1 Å². The highest BCUT2D eigenvalue weighted by atomic mass is 35.5. The summed E-state index contributed by atoms with van der Waals surface area (Å²) in [7, 11) is 1.52. The molecule has 7 rings (SSSR count). The van der Waals surface area contributed by atoms with Gasteiger partial charge in [0, 0.05) is 44.7 Å². The van der Waals surface area contributed by atoms with Gasteiger partial charge in [-0.15, -0.1) is 0 Å². The number of imidazole rings is 1. The number of hydrogen-bond donors (Lipinski definition) is 1. The highest BCUT2D eigenvalue weighted by Crippen LogP contribution is 2.50. The van der Waals surface area contributed by atoms with Gasteiger partial charge >= 0.3 is 5.97 Å². The number of para-hydroxylation sites is 1. The van der Waals surface area contributed by atoms with Crippen molar-refractivity contribution in [1.82, 2.24) is 14.5 Å². The van der Waals surface area contributed by atoms with Gasteiger partial charge < -0.3 is 33.5 Å². The number of fused-ring (bicyclic) bond motifs is 2. The van der Waals surface area contributed by atoms with Crippen LogP contribution in [0.3, 0.4) is 0 Å². The molecule has 1 N–H and O–H groups in total. The van der Waals surface area contributed by atoms with E-state index in [4.69, 9.17) is 35.5 Å². The average Bonchev–Trinajstić information content (AvgIpc) is 3.51. The van der Waals surface area contributed by atoms with Crippen LogP contribution in [0.2, 0.25) is 5.02 Å². The minimum atomic E-state index is -1.32. The van der Waals surface area contributed by atoms with Gasteiger partial charge in [0.05, 0.1) is 48.6 Å². The minimum Gasteiger partial charge on any atom is -0.494 e. The van der Waals surface area contributed by atoms with Gasteiger partial charge in [-0.2, -0.15) is 0 Å². The number of hydrogen-bond acceptors (Lipinski definition) is 8. The number of carbonyl (C=O) groups is 1. The van der Waals surface area contributed by atoms with Crippen molar-refractivity contribution < 1.29 is 33.2 Å². The Balaban J connectivity index is 1.10. The van der Waals surface area contributed by atoms with E-state index in [9.17, 15) is 14.3 Å². The number of piperazine rings is 1. The molecule has 0 spiro atoms. The maximum absolute atomic E-state index is 14.8. The van der Waals surface area contributed by atoms with E-state index >= 15 is 0 Å². The molecule has 0 aliphatic carbocycles. The van der Waals surface area contributed by atoms with E-state index in [-0.39, 0.29) is 17.2 Å². The summed E-state index contributed by atoms with van der Waals surface area (Å²) in [5.41, 5.74) is 2.68. The van der Waals surface area contributed by atoms with E-state index in [0.717, 1.165) is 56.2 Å². The van der Waals surface area contributed by atoms with Gasteiger partial charge in [-0.3, -0.25) is 4.90 Å². The first-order chi connectivity index (χ1) is 21.2. The van der Waals surface area contributed by atoms with E-state index in [0.29, 0.717) is 40.9 Å². The highest BCUT2D eigenvalue weighted by Gasteiger charge is 2.43. The molecule has 2 fully saturated rings. The van der Waals surface area contributed by atoms with E-state index in [1.165, 1.54) is 19.2 Å². The van der Waals surface area contributed by atoms with Gasteiger partial charge in [-0.05, 0) is 48.9 Å². The number of aromatic carboxylic acids is 1. The molecule has 0 saturated carbocycles. The molecule has 2 atom stereocenters. The van der Waals surface area contributed by atoms with Crippen LogP contribution >= 0.6 is 11.6 Å². The Morgan fingerprint density at radius 1 is 1.16 bits per heavy atom. The quantitative estimate of drug-likeness (QED) is 0.281. The third-order valence-corrected chi connectivity index (χ3v) is 8.84. The molecule has 3 aromatic carbocycles. The van der Waals surface area contributed by atoms with Gasteiger partial charge in [0.2, 0.25) is 0 Å². The second-order valence-corrected chi connectivity index (χ2v) is 11.8. The number of aromatic nitrogens is 2. The summed E-state index contributed by atoms with van der Waals surface area (Å²) < 4.78 is 40.6. The molecule has 3 aliphatic rings. The average molecular weight is 623 g/mol. The molecule has 0 bridgehead atoms. The Morgan fingerprint density at radius 3 is 2.64 bits per heavy atom. The molecular formula is C32H32ClFN4O6. The van der Waals surface area contributed by atoms with Crippen molar-refractivity contribution in [2.24, 2.45) is 0 Å². The molecule has 1 aromatic heterocycles. The smallest absolute Gasteiger partial charge is 0.335 e. The third kappa shape index (κ3) is 5.08. The zero-order valence-corrected chi connectivity index (χ0v) is 25.1. The number of halogens is 2. The normalized spacial score (nSPS) is 21.5. The summed E-state index contributed by atoms with van der Waals surface area (Å²) in [6.45, 7) is 6.58. The fourth-order valence-electron chi connectivity index (χ4n) is 6.15. The number of benzene rings is 3. The Hall–Kier alpha value is -4.06. The van der Waals surface area contributed by atoms with Crippen LogP contribution in [0.5, 0.6) is 17.2 Å². The lowest BCUT2D eigenvalue weighted by Gasteiger charge is -2.36. The molecular weight excluding hydrogens is 591 g/mol. The lowest BCUT2D eigenvalue weighted by atomic mass is 10.1. The zero-order chi connectivity index (χ0) is 30.6. The molecule has 12 heteroatoms. The van der Waals surface area contributed by atoms with Crippen LogP contribution in [0.4, 0.5) is 10.1 Å². The first-order valence-electron chi connectivity index (χ1n) is 14.6. The largest absolute Gasteiger partial charge is 0.494 e. The van der Waals surface area contributed by atoms with Gasteiger partial charge in [0.25, 0.3) is 5.79 Å². The van der Waals surface area contributed by atoms with Crippen molar-refractivity contribution in [2.45, 2.75) is 38.3 Å². The maximum atomic E-state index is 14.8. The molecule has 230 valence electrons. The lowest BCUT2D eigenvalue weighted by Crippen LogP contribution is -2.46. The number of anilines is 1. The summed E-state index contributed by atoms with van der Waals surface area (Å²) >= 11 is 5.97. The van der Waals surface area contributed by atoms with Gasteiger partial charge in [-0.25, -0.2) is 14.2 Å². The number of rotatable bonds is 8. The van der Waals surface area contributed by atoms with E-state index in [1.807, 2.05) is 18.2 Å². The van der Waals surface area contributed by atoms with Crippen molar-refractivity contribution in [3.05, 3.63) is 76.3 Å². The van der Waals surface area contributed by atoms with E-state index < -0.39 is 17.6 Å². The van der Waals surface area contributed by atoms with Gasteiger partial charge in [-0.1, -0.05) is 17.7 Å². The minimum absolute atomic E-state index is 0.0666. The Morgan fingerprint density at radius 2 is 1.95 bits per heavy atom. The van der Waals surface area contributed by atoms with Crippen LogP contribution in [0.15, 0.2) is 48.5 Å². The summed E-state index contributed by atoms with van der Waals surface area (Å²) in [6.07, 6.45) is 1.02. The van der Waals surface area contributed by atoms with Crippen LogP contribution in [-0.2, 0) is 23.6 Å². The zero-order valence-electron chi connectivity index (χ0n) is 24.4. The molecule has 4 heterocycles. The van der Waals surface area contributed by atoms with Crippen molar-refractivity contribution in [1.29, 1.82) is 0 Å². The first kappa shape index (κ1) is 28.7. The Bertz CT molecular complexity index is 1750. The summed E-state index contributed by atoms with van der Waals surface area (Å²) in [6, 6.07) is 13.4. The summed E-state index contributed by atoms with van der Waals surface area (Å²) in [5.74, 6) is -0.414. The van der Waals surface area contributed by atoms with E-state index in [2.05, 4.69) is 14.4 Å². The van der Waals surface area contributed by atoms with Crippen LogP contribution in [0.1, 0.15) is 35.1 Å².